The molecule has 26 heteroatoms. The highest BCUT2D eigenvalue weighted by Crippen LogP contribution is 2.71. The summed E-state index contributed by atoms with van der Waals surface area (Å²) in [5, 5.41) is 148. The van der Waals surface area contributed by atoms with E-state index in [-0.39, 0.29) is 34.9 Å². The monoisotopic (exact) mass is 1170 g/mol. The largest absolute Gasteiger partial charge is 0.394 e. The average molecular weight is 1170 g/mol. The Morgan fingerprint density at radius 1 is 0.568 bits per heavy atom. The molecule has 6 saturated heterocycles. The van der Waals surface area contributed by atoms with Gasteiger partial charge in [-0.15, -0.1) is 0 Å². The Morgan fingerprint density at radius 3 is 1.89 bits per heavy atom. The van der Waals surface area contributed by atoms with Crippen LogP contribution in [0.4, 0.5) is 0 Å². The van der Waals surface area contributed by atoms with E-state index in [0.29, 0.717) is 42.9 Å². The number of hydrogen-bond acceptors (Lipinski definition) is 26. The molecule has 0 spiro atoms. The van der Waals surface area contributed by atoms with E-state index in [2.05, 4.69) is 20.8 Å². The smallest absolute Gasteiger partial charge is 0.187 e. The zero-order valence-corrected chi connectivity index (χ0v) is 47.0. The second-order valence-corrected chi connectivity index (χ2v) is 25.9. The molecule has 10 aliphatic rings. The lowest BCUT2D eigenvalue weighted by Gasteiger charge is -2.61. The Hall–Kier alpha value is -1.04. The molecule has 468 valence electrons. The zero-order valence-electron chi connectivity index (χ0n) is 47.0. The van der Waals surface area contributed by atoms with Gasteiger partial charge in [0.05, 0.1) is 50.8 Å². The number of methoxy groups -OCH3 is 1. The van der Waals surface area contributed by atoms with Gasteiger partial charge in [0.1, 0.15) is 104 Å². The molecule has 10 fully saturated rings. The molecular formula is C55H92O26. The first-order valence-electron chi connectivity index (χ1n) is 29.5. The highest BCUT2D eigenvalue weighted by molar-refractivity contribution is 5.15. The molecule has 10 rings (SSSR count). The normalized spacial score (nSPS) is 56.1. The molecule has 0 radical (unpaired) electrons. The van der Waals surface area contributed by atoms with Crippen molar-refractivity contribution in [3.63, 3.8) is 0 Å². The third kappa shape index (κ3) is 11.6. The number of aliphatic hydroxyl groups excluding tert-OH is 14. The fourth-order valence-corrected chi connectivity index (χ4v) is 16.6. The van der Waals surface area contributed by atoms with Gasteiger partial charge in [0.25, 0.3) is 0 Å². The fraction of sp³-hybridized carbons (Fsp3) is 1.00. The van der Waals surface area contributed by atoms with Crippen molar-refractivity contribution < 1.29 is 128 Å². The van der Waals surface area contributed by atoms with Gasteiger partial charge in [-0.1, -0.05) is 20.8 Å². The van der Waals surface area contributed by atoms with Crippen LogP contribution in [0.25, 0.3) is 0 Å². The predicted octanol–water partition coefficient (Wildman–Crippen LogP) is -3.42. The van der Waals surface area contributed by atoms with Gasteiger partial charge in [-0.3, -0.25) is 0 Å². The molecule has 26 nitrogen and oxygen atoms in total. The van der Waals surface area contributed by atoms with Crippen molar-refractivity contribution in [2.45, 2.75) is 264 Å². The van der Waals surface area contributed by atoms with Gasteiger partial charge in [0.2, 0.25) is 0 Å². The summed E-state index contributed by atoms with van der Waals surface area (Å²) < 4.78 is 71.9. The predicted molar refractivity (Wildman–Crippen MR) is 271 cm³/mol. The number of fused-ring (bicyclic) bond motifs is 7. The number of hydrogen-bond donors (Lipinski definition) is 14. The first-order valence-corrected chi connectivity index (χ1v) is 29.5. The third-order valence-corrected chi connectivity index (χ3v) is 21.4. The molecule has 4 aliphatic carbocycles. The molecule has 81 heavy (non-hydrogen) atoms. The average Bonchev–Trinajstić information content (AvgIpc) is 2.51. The van der Waals surface area contributed by atoms with E-state index >= 15 is 0 Å². The van der Waals surface area contributed by atoms with E-state index in [1.807, 2.05) is 6.92 Å². The summed E-state index contributed by atoms with van der Waals surface area (Å²) in [6.07, 6.45) is -26.6. The Bertz CT molecular complexity index is 2070. The van der Waals surface area contributed by atoms with Crippen molar-refractivity contribution >= 4 is 0 Å². The molecule has 0 bridgehead atoms. The van der Waals surface area contributed by atoms with Gasteiger partial charge in [-0.2, -0.15) is 0 Å². The van der Waals surface area contributed by atoms with Crippen LogP contribution >= 0.6 is 0 Å². The summed E-state index contributed by atoms with van der Waals surface area (Å²) in [5.74, 6) is 1.29. The molecule has 6 heterocycles. The molecule has 35 atom stereocenters. The van der Waals surface area contributed by atoms with E-state index in [0.717, 1.165) is 44.9 Å². The van der Waals surface area contributed by atoms with Crippen LogP contribution in [0.15, 0.2) is 0 Å². The maximum absolute atomic E-state index is 11.3. The van der Waals surface area contributed by atoms with Gasteiger partial charge in [0, 0.05) is 19.4 Å². The van der Waals surface area contributed by atoms with Crippen LogP contribution in [0.3, 0.4) is 0 Å². The van der Waals surface area contributed by atoms with E-state index in [4.69, 9.17) is 56.8 Å². The minimum absolute atomic E-state index is 0.0129. The zero-order chi connectivity index (χ0) is 58.4. The van der Waals surface area contributed by atoms with E-state index in [1.165, 1.54) is 6.92 Å². The Labute approximate surface area is 471 Å². The Balaban J connectivity index is 0.708. The van der Waals surface area contributed by atoms with Crippen LogP contribution in [-0.2, 0) is 56.8 Å². The first kappa shape index (κ1) is 63.0. The van der Waals surface area contributed by atoms with Gasteiger partial charge < -0.3 is 128 Å². The van der Waals surface area contributed by atoms with Crippen LogP contribution in [0, 0.1) is 46.3 Å². The van der Waals surface area contributed by atoms with Crippen molar-refractivity contribution in [1.29, 1.82) is 0 Å². The summed E-state index contributed by atoms with van der Waals surface area (Å²) in [6.45, 7) is 8.62. The van der Waals surface area contributed by atoms with E-state index < -0.39 is 180 Å². The van der Waals surface area contributed by atoms with Crippen LogP contribution in [0.5, 0.6) is 0 Å². The van der Waals surface area contributed by atoms with Crippen LogP contribution in [0.1, 0.15) is 98.8 Å². The molecule has 12 unspecified atom stereocenters. The summed E-state index contributed by atoms with van der Waals surface area (Å²) in [4.78, 5) is 0. The number of aliphatic hydroxyl groups is 14. The molecule has 0 aromatic heterocycles. The molecule has 4 saturated carbocycles. The summed E-state index contributed by atoms with van der Waals surface area (Å²) in [6, 6.07) is 0. The van der Waals surface area contributed by atoms with Crippen molar-refractivity contribution in [2.75, 3.05) is 33.5 Å². The van der Waals surface area contributed by atoms with Crippen LogP contribution in [-0.4, -0.2) is 270 Å². The van der Waals surface area contributed by atoms with Crippen molar-refractivity contribution in [3.05, 3.63) is 0 Å². The number of ether oxygens (including phenoxy) is 12. The second-order valence-electron chi connectivity index (χ2n) is 25.9. The molecule has 0 aromatic carbocycles. The van der Waals surface area contributed by atoms with Gasteiger partial charge in [-0.05, 0) is 112 Å². The lowest BCUT2D eigenvalue weighted by Crippen LogP contribution is -2.64. The Kier molecular flexibility index (Phi) is 19.3. The molecule has 6 aliphatic heterocycles. The lowest BCUT2D eigenvalue weighted by atomic mass is 9.44. The minimum atomic E-state index is -1.77. The summed E-state index contributed by atoms with van der Waals surface area (Å²) in [5.41, 5.74) is 0.0701. The van der Waals surface area contributed by atoms with E-state index in [1.54, 1.807) is 7.11 Å². The molecule has 0 aromatic rings. The maximum atomic E-state index is 11.3. The highest BCUT2D eigenvalue weighted by Gasteiger charge is 2.69. The topological polar surface area (TPSA) is 394 Å². The van der Waals surface area contributed by atoms with Gasteiger partial charge >= 0.3 is 0 Å². The molecular weight excluding hydrogens is 1080 g/mol. The SMILES string of the molecule is COC1(CCC(C)O[C@@H]2O[C@H](CO)[C@@H](O)[C@H](O)[C@H]2O)OC2CC3C4CCC5CC(O[C@@H]6O[C@H](CO[C@@H]7O[C@H](C)[C@H](O[C@@H]8OC[C@@H](O)[C@@H](O)[C@H]8O[C@@H]8OC[C@@H](O)[C@@H](O)[C@H]8O)[C@@H](O)[C@H]7O)[C@@H](O)[C@@H](O)[C@H]6O)CCC5(C)C4CCC3(C)C2C1C. The summed E-state index contributed by atoms with van der Waals surface area (Å²) >= 11 is 0. The lowest BCUT2D eigenvalue weighted by molar-refractivity contribution is -0.372. The van der Waals surface area contributed by atoms with Crippen molar-refractivity contribution in [1.82, 2.24) is 0 Å². The Morgan fingerprint density at radius 2 is 1.19 bits per heavy atom. The maximum Gasteiger partial charge on any atom is 0.187 e. The highest BCUT2D eigenvalue weighted by atomic mass is 16.8. The molecule has 14 N–H and O–H groups in total. The van der Waals surface area contributed by atoms with Gasteiger partial charge in [-0.25, -0.2) is 0 Å². The quantitative estimate of drug-likeness (QED) is 0.0669. The summed E-state index contributed by atoms with van der Waals surface area (Å²) in [7, 11) is 1.69. The standard InChI is InChI=1S/C55H92O26/c1-21(74-50-43(67)39(63)37(61)32(17-56)77-50)9-14-55(70-6)22(2)34-31(81-55)16-28-26-8-7-24-15-25(10-12-53(24,4)27(26)11-13-54(28,34)5)76-51-44(68)40(64)38(62)33(78-51)20-73-48-45(69)41(65)46(23(3)75-48)79-52-47(36(60)30(58)19-72-52)80-49-42(66)35(59)29(57)18-71-49/h21-52,56-69H,7-20H2,1-6H3/t21?,22?,23-,24?,25?,26?,27?,28?,29-,30-,31?,32-,33-,34?,35-,36-,37-,38-,39+,40-,41+,42-,43-,44-,45-,46+,47-,48-,49+,50-,51-,52+,53?,54?,55?/m1/s1. The van der Waals surface area contributed by atoms with Crippen LogP contribution < -0.4 is 0 Å². The fourth-order valence-electron chi connectivity index (χ4n) is 16.6. The second kappa shape index (κ2) is 24.9. The number of rotatable bonds is 16. The molecule has 0 amide bonds. The van der Waals surface area contributed by atoms with Gasteiger partial charge in [0.15, 0.2) is 37.2 Å². The van der Waals surface area contributed by atoms with Crippen molar-refractivity contribution in [3.8, 4) is 0 Å². The van der Waals surface area contributed by atoms with Crippen LogP contribution in [0.2, 0.25) is 0 Å². The van der Waals surface area contributed by atoms with E-state index in [9.17, 15) is 71.5 Å². The third-order valence-electron chi connectivity index (χ3n) is 21.4. The van der Waals surface area contributed by atoms with Crippen molar-refractivity contribution in [2.24, 2.45) is 46.3 Å². The first-order chi connectivity index (χ1) is 38.4. The minimum Gasteiger partial charge on any atom is -0.394 e.